The average molecular weight is 265 g/mol. The highest BCUT2D eigenvalue weighted by molar-refractivity contribution is 5.85. The summed E-state index contributed by atoms with van der Waals surface area (Å²) in [6.45, 7) is -0.222. The van der Waals surface area contributed by atoms with Crippen molar-refractivity contribution in [3.8, 4) is 11.5 Å². The number of aromatic hydroxyl groups is 2. The van der Waals surface area contributed by atoms with Gasteiger partial charge in [-0.15, -0.1) is 12.4 Å². The Morgan fingerprint density at radius 1 is 1.35 bits per heavy atom. The quantitative estimate of drug-likeness (QED) is 0.362. The molecule has 5 N–H and O–H groups in total. The lowest BCUT2D eigenvalue weighted by atomic mass is 10.0. The van der Waals surface area contributed by atoms with Crippen LogP contribution in [0, 0.1) is 10.1 Å². The normalized spacial score (nSPS) is 11.6. The molecule has 1 rings (SSSR count). The van der Waals surface area contributed by atoms with Crippen molar-refractivity contribution < 1.29 is 20.2 Å². The molecule has 8 heteroatoms. The fourth-order valence-corrected chi connectivity index (χ4v) is 1.33. The lowest BCUT2D eigenvalue weighted by molar-refractivity contribution is -0.385. The number of rotatable bonds is 4. The first kappa shape index (κ1) is 15.4. The zero-order valence-corrected chi connectivity index (χ0v) is 9.55. The molecule has 0 saturated heterocycles. The van der Waals surface area contributed by atoms with Crippen molar-refractivity contribution in [2.24, 2.45) is 5.73 Å². The maximum atomic E-state index is 10.7. The Kier molecular flexibility index (Phi) is 5.66. The van der Waals surface area contributed by atoms with Gasteiger partial charge in [0.15, 0.2) is 11.5 Å². The summed E-state index contributed by atoms with van der Waals surface area (Å²) in [6.07, 6.45) is 0.130. The van der Waals surface area contributed by atoms with E-state index >= 15 is 0 Å². The van der Waals surface area contributed by atoms with Crippen LogP contribution < -0.4 is 5.73 Å². The molecule has 1 atom stereocenters. The minimum atomic E-state index is -0.767. The van der Waals surface area contributed by atoms with Gasteiger partial charge in [0.25, 0.3) is 5.69 Å². The van der Waals surface area contributed by atoms with Crippen LogP contribution in [0.1, 0.15) is 18.0 Å². The number of nitro groups is 1. The van der Waals surface area contributed by atoms with Gasteiger partial charge in [0.1, 0.15) is 0 Å². The standard InChI is InChI=1S/C9H12N2O5.ClH/c10-6(1-2-12)5-3-8(13)9(14)4-7(5)11(15)16;/h3-4,6,12-14H,1-2,10H2;1H. The molecule has 0 spiro atoms. The molecule has 0 saturated carbocycles. The Hall–Kier alpha value is -1.57. The summed E-state index contributed by atoms with van der Waals surface area (Å²) in [7, 11) is 0. The van der Waals surface area contributed by atoms with E-state index in [0.29, 0.717) is 0 Å². The van der Waals surface area contributed by atoms with Crippen LogP contribution in [0.4, 0.5) is 5.69 Å². The Labute approximate surface area is 103 Å². The van der Waals surface area contributed by atoms with Crippen molar-refractivity contribution >= 4 is 18.1 Å². The lowest BCUT2D eigenvalue weighted by Gasteiger charge is -2.11. The van der Waals surface area contributed by atoms with Crippen molar-refractivity contribution in [2.45, 2.75) is 12.5 Å². The van der Waals surface area contributed by atoms with Crippen LogP contribution in [0.2, 0.25) is 0 Å². The van der Waals surface area contributed by atoms with Crippen LogP contribution in [-0.2, 0) is 0 Å². The van der Waals surface area contributed by atoms with Crippen LogP contribution in [0.25, 0.3) is 0 Å². The van der Waals surface area contributed by atoms with E-state index in [1.165, 1.54) is 0 Å². The van der Waals surface area contributed by atoms with Gasteiger partial charge in [-0.05, 0) is 12.5 Å². The number of nitro benzene ring substituents is 1. The number of aliphatic hydroxyl groups excluding tert-OH is 1. The summed E-state index contributed by atoms with van der Waals surface area (Å²) in [4.78, 5) is 9.99. The maximum Gasteiger partial charge on any atom is 0.278 e. The molecule has 0 bridgehead atoms. The molecule has 0 amide bonds. The van der Waals surface area contributed by atoms with Crippen molar-refractivity contribution in [1.82, 2.24) is 0 Å². The molecule has 1 aromatic rings. The number of nitrogens with zero attached hydrogens (tertiary/aromatic N) is 1. The SMILES string of the molecule is Cl.NC(CCO)c1cc(O)c(O)cc1[N+](=O)[O-]. The van der Waals surface area contributed by atoms with E-state index in [0.717, 1.165) is 12.1 Å². The third-order valence-electron chi connectivity index (χ3n) is 2.16. The van der Waals surface area contributed by atoms with Gasteiger partial charge in [-0.2, -0.15) is 0 Å². The second-order valence-corrected chi connectivity index (χ2v) is 3.28. The summed E-state index contributed by atoms with van der Waals surface area (Å²) in [5, 5.41) is 37.8. The van der Waals surface area contributed by atoms with E-state index in [2.05, 4.69) is 0 Å². The highest BCUT2D eigenvalue weighted by Gasteiger charge is 2.22. The van der Waals surface area contributed by atoms with Crippen molar-refractivity contribution in [3.63, 3.8) is 0 Å². The second kappa shape index (κ2) is 6.24. The molecule has 0 aliphatic heterocycles. The molecule has 17 heavy (non-hydrogen) atoms. The van der Waals surface area contributed by atoms with Gasteiger partial charge >= 0.3 is 0 Å². The number of phenols is 2. The largest absolute Gasteiger partial charge is 0.504 e. The number of phenolic OH excluding ortho intramolecular Hbond substituents is 2. The molecule has 96 valence electrons. The third-order valence-corrected chi connectivity index (χ3v) is 2.16. The fourth-order valence-electron chi connectivity index (χ4n) is 1.33. The monoisotopic (exact) mass is 264 g/mol. The smallest absolute Gasteiger partial charge is 0.278 e. The molecular formula is C9H13ClN2O5. The summed E-state index contributed by atoms with van der Waals surface area (Å²) < 4.78 is 0. The molecule has 0 fully saturated rings. The molecule has 7 nitrogen and oxygen atoms in total. The molecule has 1 aromatic carbocycles. The Morgan fingerprint density at radius 2 is 1.88 bits per heavy atom. The van der Waals surface area contributed by atoms with E-state index in [1.54, 1.807) is 0 Å². The van der Waals surface area contributed by atoms with Gasteiger partial charge in [0.05, 0.1) is 16.6 Å². The van der Waals surface area contributed by atoms with Crippen molar-refractivity contribution in [2.75, 3.05) is 6.61 Å². The zero-order chi connectivity index (χ0) is 12.3. The van der Waals surface area contributed by atoms with Gasteiger partial charge in [-0.1, -0.05) is 0 Å². The first-order chi connectivity index (χ1) is 7.47. The Balaban J connectivity index is 0.00000256. The highest BCUT2D eigenvalue weighted by atomic mass is 35.5. The van der Waals surface area contributed by atoms with E-state index in [9.17, 15) is 15.2 Å². The highest BCUT2D eigenvalue weighted by Crippen LogP contribution is 2.35. The predicted octanol–water partition coefficient (Wildman–Crippen LogP) is 0.810. The third kappa shape index (κ3) is 3.45. The number of benzene rings is 1. The molecule has 0 radical (unpaired) electrons. The van der Waals surface area contributed by atoms with Crippen LogP contribution in [0.3, 0.4) is 0 Å². The van der Waals surface area contributed by atoms with Crippen LogP contribution in [0.15, 0.2) is 12.1 Å². The first-order valence-electron chi connectivity index (χ1n) is 4.54. The number of nitrogens with two attached hydrogens (primary N) is 1. The number of halogens is 1. The predicted molar refractivity (Wildman–Crippen MR) is 62.3 cm³/mol. The summed E-state index contributed by atoms with van der Waals surface area (Å²) in [5.41, 5.74) is 5.31. The van der Waals surface area contributed by atoms with Crippen LogP contribution in [0.5, 0.6) is 11.5 Å². The zero-order valence-electron chi connectivity index (χ0n) is 8.74. The second-order valence-electron chi connectivity index (χ2n) is 3.28. The van der Waals surface area contributed by atoms with Gasteiger partial charge in [-0.3, -0.25) is 10.1 Å². The van der Waals surface area contributed by atoms with E-state index in [-0.39, 0.29) is 36.7 Å². The van der Waals surface area contributed by atoms with Crippen molar-refractivity contribution in [1.29, 1.82) is 0 Å². The minimum absolute atomic E-state index is 0. The minimum Gasteiger partial charge on any atom is -0.504 e. The van der Waals surface area contributed by atoms with E-state index in [1.807, 2.05) is 0 Å². The number of hydrogen-bond donors (Lipinski definition) is 4. The fraction of sp³-hybridized carbons (Fsp3) is 0.333. The van der Waals surface area contributed by atoms with Gasteiger partial charge in [0, 0.05) is 12.6 Å². The molecule has 0 heterocycles. The lowest BCUT2D eigenvalue weighted by Crippen LogP contribution is -2.13. The first-order valence-corrected chi connectivity index (χ1v) is 4.54. The summed E-state index contributed by atoms with van der Waals surface area (Å²) in [6, 6.07) is 1.10. The molecular weight excluding hydrogens is 252 g/mol. The molecule has 1 unspecified atom stereocenters. The Morgan fingerprint density at radius 3 is 2.35 bits per heavy atom. The van der Waals surface area contributed by atoms with E-state index < -0.39 is 22.5 Å². The summed E-state index contributed by atoms with van der Waals surface area (Å²) >= 11 is 0. The van der Waals surface area contributed by atoms with Gasteiger partial charge in [-0.25, -0.2) is 0 Å². The van der Waals surface area contributed by atoms with Crippen molar-refractivity contribution in [3.05, 3.63) is 27.8 Å². The van der Waals surface area contributed by atoms with Gasteiger partial charge in [0.2, 0.25) is 0 Å². The number of aliphatic hydroxyl groups is 1. The average Bonchev–Trinajstić information content (AvgIpc) is 2.21. The summed E-state index contributed by atoms with van der Waals surface area (Å²) in [5.74, 6) is -1.05. The number of hydrogen-bond acceptors (Lipinski definition) is 6. The molecule has 0 aliphatic rings. The maximum absolute atomic E-state index is 10.7. The van der Waals surface area contributed by atoms with Gasteiger partial charge < -0.3 is 21.1 Å². The molecule has 0 aromatic heterocycles. The topological polar surface area (TPSA) is 130 Å². The van der Waals surface area contributed by atoms with Crippen LogP contribution >= 0.6 is 12.4 Å². The Bertz CT molecular complexity index is 413. The van der Waals surface area contributed by atoms with Crippen LogP contribution in [-0.4, -0.2) is 26.8 Å². The molecule has 0 aliphatic carbocycles. The van der Waals surface area contributed by atoms with E-state index in [4.69, 9.17) is 15.9 Å².